The van der Waals surface area contributed by atoms with Gasteiger partial charge in [-0.05, 0) is 63.7 Å². The van der Waals surface area contributed by atoms with Gasteiger partial charge in [-0.15, -0.1) is 10.2 Å². The van der Waals surface area contributed by atoms with E-state index in [4.69, 9.17) is 0 Å². The van der Waals surface area contributed by atoms with Crippen LogP contribution in [-0.4, -0.2) is 7.06 Å². The summed E-state index contributed by atoms with van der Waals surface area (Å²) in [6, 6.07) is 0. The van der Waals surface area contributed by atoms with Crippen LogP contribution in [-0.2, 0) is 0 Å². The van der Waals surface area contributed by atoms with E-state index in [1.165, 1.54) is 0 Å². The van der Waals surface area contributed by atoms with Crippen LogP contribution in [0.1, 0.15) is 0 Å². The van der Waals surface area contributed by atoms with Gasteiger partial charge >= 0.3 is 0 Å². The standard InChI is InChI=1S/C2Br4N2/c3-1(4)7-8-2(5)6. The molecule has 0 aliphatic carbocycles. The molecule has 0 unspecified atom stereocenters. The van der Waals surface area contributed by atoms with Gasteiger partial charge in [0.2, 0.25) is 0 Å². The molecule has 0 radical (unpaired) electrons. The first kappa shape index (κ1) is 9.26. The van der Waals surface area contributed by atoms with E-state index in [9.17, 15) is 0 Å². The lowest BCUT2D eigenvalue weighted by Gasteiger charge is -1.76. The molecule has 0 saturated heterocycles. The molecule has 0 rings (SSSR count). The third kappa shape index (κ3) is 7.26. The van der Waals surface area contributed by atoms with E-state index in [0.717, 1.165) is 0 Å². The molecule has 0 aromatic heterocycles. The third-order valence-corrected chi connectivity index (χ3v) is 0.836. The lowest BCUT2D eigenvalue weighted by Crippen LogP contribution is -1.66. The maximum atomic E-state index is 3.57. The summed E-state index contributed by atoms with van der Waals surface area (Å²) in [6.45, 7) is 0. The molecule has 0 bridgehead atoms. The van der Waals surface area contributed by atoms with Crippen LogP contribution in [0, 0.1) is 0 Å². The number of nitrogens with zero attached hydrogens (tertiary/aromatic N) is 2. The fourth-order valence-corrected chi connectivity index (χ4v) is 0.393. The highest BCUT2D eigenvalue weighted by Gasteiger charge is 1.81. The summed E-state index contributed by atoms with van der Waals surface area (Å²) in [5.74, 6) is 0. The Hall–Kier alpha value is 1.26. The second-order valence-corrected chi connectivity index (χ2v) is 5.81. The molecule has 0 aliphatic rings. The molecule has 0 aliphatic heterocycles. The molecule has 0 spiro atoms. The van der Waals surface area contributed by atoms with E-state index in [1.807, 2.05) is 0 Å². The van der Waals surface area contributed by atoms with Gasteiger partial charge in [0.15, 0.2) is 7.06 Å². The zero-order chi connectivity index (χ0) is 6.57. The van der Waals surface area contributed by atoms with Crippen molar-refractivity contribution in [2.75, 3.05) is 0 Å². The van der Waals surface area contributed by atoms with E-state index in [2.05, 4.69) is 73.9 Å². The van der Waals surface area contributed by atoms with E-state index < -0.39 is 0 Å². The van der Waals surface area contributed by atoms with Crippen LogP contribution >= 0.6 is 63.7 Å². The zero-order valence-corrected chi connectivity index (χ0v) is 9.75. The minimum Gasteiger partial charge on any atom is -0.134 e. The maximum absolute atomic E-state index is 3.57. The van der Waals surface area contributed by atoms with Gasteiger partial charge in [0.25, 0.3) is 0 Å². The van der Waals surface area contributed by atoms with Crippen molar-refractivity contribution >= 4 is 70.8 Å². The van der Waals surface area contributed by atoms with Crippen LogP contribution in [0.25, 0.3) is 0 Å². The molecule has 0 N–H and O–H groups in total. The molecular formula is C2Br4N2. The molecule has 0 amide bonds. The molecule has 46 valence electrons. The van der Waals surface area contributed by atoms with Crippen LogP contribution in [0.5, 0.6) is 0 Å². The lowest BCUT2D eigenvalue weighted by atomic mass is 11.6. The molecular weight excluding hydrogens is 372 g/mol. The molecule has 6 heteroatoms. The zero-order valence-electron chi connectivity index (χ0n) is 3.41. The van der Waals surface area contributed by atoms with Crippen molar-refractivity contribution in [3.05, 3.63) is 0 Å². The van der Waals surface area contributed by atoms with Crippen LogP contribution in [0.15, 0.2) is 10.2 Å². The van der Waals surface area contributed by atoms with Crippen molar-refractivity contribution in [1.29, 1.82) is 0 Å². The third-order valence-electron chi connectivity index (χ3n) is 0.201. The fourth-order valence-electron chi connectivity index (χ4n) is 0.0756. The Morgan fingerprint density at radius 2 is 1.00 bits per heavy atom. The number of rotatable bonds is 1. The van der Waals surface area contributed by atoms with Gasteiger partial charge in [0.05, 0.1) is 0 Å². The summed E-state index contributed by atoms with van der Waals surface area (Å²) < 4.78 is 1.11. The molecule has 2 nitrogen and oxygen atoms in total. The van der Waals surface area contributed by atoms with Crippen molar-refractivity contribution < 1.29 is 0 Å². The average molecular weight is 372 g/mol. The smallest absolute Gasteiger partial charge is 0.134 e. The Labute approximate surface area is 80.3 Å². The summed E-state index contributed by atoms with van der Waals surface area (Å²) in [6.07, 6.45) is 0. The van der Waals surface area contributed by atoms with Gasteiger partial charge < -0.3 is 0 Å². The summed E-state index contributed by atoms with van der Waals surface area (Å²) in [7, 11) is 0. The van der Waals surface area contributed by atoms with Crippen molar-refractivity contribution in [2.24, 2.45) is 10.2 Å². The van der Waals surface area contributed by atoms with Crippen molar-refractivity contribution in [3.8, 4) is 0 Å². The SMILES string of the molecule is BrC(Br)=NN=C(Br)Br. The predicted octanol–water partition coefficient (Wildman–Crippen LogP) is 3.19. The van der Waals surface area contributed by atoms with Gasteiger partial charge in [-0.3, -0.25) is 0 Å². The minimum atomic E-state index is 0.557. The summed E-state index contributed by atoms with van der Waals surface area (Å²) in [5, 5.41) is 7.14. The first-order valence-corrected chi connectivity index (χ1v) is 4.58. The Balaban J connectivity index is 3.76. The van der Waals surface area contributed by atoms with E-state index in [0.29, 0.717) is 7.06 Å². The Kier molecular flexibility index (Phi) is 5.88. The fraction of sp³-hybridized carbons (Fsp3) is 0. The minimum absolute atomic E-state index is 0.557. The van der Waals surface area contributed by atoms with Crippen molar-refractivity contribution in [2.45, 2.75) is 0 Å². The average Bonchev–Trinajstić information content (AvgIpc) is 1.61. The van der Waals surface area contributed by atoms with Crippen molar-refractivity contribution in [3.63, 3.8) is 0 Å². The monoisotopic (exact) mass is 368 g/mol. The Bertz CT molecular complexity index is 104. The molecule has 0 aromatic carbocycles. The van der Waals surface area contributed by atoms with Crippen LogP contribution in [0.2, 0.25) is 0 Å². The predicted molar refractivity (Wildman–Crippen MR) is 50.6 cm³/mol. The first-order chi connectivity index (χ1) is 3.63. The number of hydrogen-bond acceptors (Lipinski definition) is 2. The van der Waals surface area contributed by atoms with Gasteiger partial charge in [0.1, 0.15) is 0 Å². The molecule has 0 aromatic rings. The molecule has 0 atom stereocenters. The largest absolute Gasteiger partial charge is 0.171 e. The number of halogens is 4. The Morgan fingerprint density at radius 3 is 1.12 bits per heavy atom. The van der Waals surface area contributed by atoms with E-state index in [-0.39, 0.29) is 0 Å². The highest BCUT2D eigenvalue weighted by molar-refractivity contribution is 9.40. The van der Waals surface area contributed by atoms with Crippen LogP contribution in [0.3, 0.4) is 0 Å². The molecule has 0 fully saturated rings. The second-order valence-electron chi connectivity index (χ2n) is 0.681. The summed E-state index contributed by atoms with van der Waals surface area (Å²) in [4.78, 5) is 0. The molecule has 0 saturated carbocycles. The highest BCUT2D eigenvalue weighted by atomic mass is 79.9. The number of hydrogen-bond donors (Lipinski definition) is 0. The van der Waals surface area contributed by atoms with Crippen LogP contribution in [0.4, 0.5) is 0 Å². The summed E-state index contributed by atoms with van der Waals surface area (Å²) >= 11 is 12.1. The van der Waals surface area contributed by atoms with Crippen molar-refractivity contribution in [1.82, 2.24) is 0 Å². The van der Waals surface area contributed by atoms with E-state index in [1.54, 1.807) is 0 Å². The topological polar surface area (TPSA) is 24.7 Å². The highest BCUT2D eigenvalue weighted by Crippen LogP contribution is 2.03. The van der Waals surface area contributed by atoms with Gasteiger partial charge in [-0.2, -0.15) is 0 Å². The lowest BCUT2D eigenvalue weighted by molar-refractivity contribution is 1.28. The molecule has 0 heterocycles. The quantitative estimate of drug-likeness (QED) is 0.499. The van der Waals surface area contributed by atoms with Gasteiger partial charge in [-0.1, -0.05) is 0 Å². The normalized spacial score (nSPS) is 8.00. The summed E-state index contributed by atoms with van der Waals surface area (Å²) in [5.41, 5.74) is 0. The van der Waals surface area contributed by atoms with Gasteiger partial charge in [0, 0.05) is 0 Å². The van der Waals surface area contributed by atoms with E-state index >= 15 is 0 Å². The van der Waals surface area contributed by atoms with Crippen LogP contribution < -0.4 is 0 Å². The first-order valence-electron chi connectivity index (χ1n) is 1.40. The maximum Gasteiger partial charge on any atom is 0.171 e. The second kappa shape index (κ2) is 5.08. The van der Waals surface area contributed by atoms with Gasteiger partial charge in [-0.25, -0.2) is 0 Å². The molecule has 8 heavy (non-hydrogen) atoms. The Morgan fingerprint density at radius 1 is 0.750 bits per heavy atom.